The molecular weight excluding hydrogens is 263 g/mol. The van der Waals surface area contributed by atoms with E-state index in [1.54, 1.807) is 6.07 Å². The Morgan fingerprint density at radius 2 is 1.75 bits per heavy atom. The number of nitrogens with one attached hydrogen (secondary N) is 1. The first-order chi connectivity index (χ1) is 9.49. The molecule has 0 atom stereocenters. The minimum absolute atomic E-state index is 0.135. The van der Waals surface area contributed by atoms with E-state index >= 15 is 0 Å². The third-order valence-corrected chi connectivity index (χ3v) is 3.01. The molecule has 0 radical (unpaired) electrons. The summed E-state index contributed by atoms with van der Waals surface area (Å²) < 4.78 is 40.7. The molecule has 0 saturated heterocycles. The molecule has 2 rings (SSSR count). The second kappa shape index (κ2) is 6.09. The highest BCUT2D eigenvalue weighted by Gasteiger charge is 2.12. The highest BCUT2D eigenvalue weighted by atomic mass is 19.2. The maximum absolute atomic E-state index is 13.7. The third-order valence-electron chi connectivity index (χ3n) is 3.01. The molecule has 0 aliphatic carbocycles. The smallest absolute Gasteiger partial charge is 0.166 e. The van der Waals surface area contributed by atoms with Crippen molar-refractivity contribution >= 4 is 0 Å². The summed E-state index contributed by atoms with van der Waals surface area (Å²) in [5.41, 5.74) is 1.03. The monoisotopic (exact) mass is 279 g/mol. The van der Waals surface area contributed by atoms with E-state index in [4.69, 9.17) is 0 Å². The molecule has 0 aliphatic rings. The summed E-state index contributed by atoms with van der Waals surface area (Å²) in [5, 5.41) is 3.10. The molecule has 2 aromatic rings. The first-order valence-corrected chi connectivity index (χ1v) is 6.45. The van der Waals surface area contributed by atoms with Crippen LogP contribution in [0.4, 0.5) is 13.2 Å². The summed E-state index contributed by atoms with van der Waals surface area (Å²) in [5.74, 6) is -2.19. The van der Waals surface area contributed by atoms with Crippen LogP contribution >= 0.6 is 0 Å². The first-order valence-electron chi connectivity index (χ1n) is 6.45. The van der Waals surface area contributed by atoms with Gasteiger partial charge in [-0.25, -0.2) is 13.2 Å². The SMILES string of the molecule is CC(C)NCc1cc(-c2cccc(F)c2F)ccc1F. The van der Waals surface area contributed by atoms with Gasteiger partial charge in [0.1, 0.15) is 5.82 Å². The van der Waals surface area contributed by atoms with E-state index in [0.29, 0.717) is 17.7 Å². The van der Waals surface area contributed by atoms with Gasteiger partial charge < -0.3 is 5.32 Å². The second-order valence-corrected chi connectivity index (χ2v) is 4.94. The molecule has 0 saturated carbocycles. The number of hydrogen-bond donors (Lipinski definition) is 1. The molecule has 0 unspecified atom stereocenters. The van der Waals surface area contributed by atoms with Gasteiger partial charge in [0, 0.05) is 23.7 Å². The zero-order chi connectivity index (χ0) is 14.7. The van der Waals surface area contributed by atoms with Gasteiger partial charge in [0.25, 0.3) is 0 Å². The Bertz CT molecular complexity index is 609. The lowest BCUT2D eigenvalue weighted by atomic mass is 10.0. The minimum atomic E-state index is -0.915. The molecular formula is C16H16F3N. The Morgan fingerprint density at radius 1 is 1.00 bits per heavy atom. The minimum Gasteiger partial charge on any atom is -0.310 e. The summed E-state index contributed by atoms with van der Waals surface area (Å²) in [7, 11) is 0. The molecule has 2 aromatic carbocycles. The van der Waals surface area contributed by atoms with Gasteiger partial charge in [-0.15, -0.1) is 0 Å². The lowest BCUT2D eigenvalue weighted by Crippen LogP contribution is -2.22. The average molecular weight is 279 g/mol. The topological polar surface area (TPSA) is 12.0 Å². The van der Waals surface area contributed by atoms with E-state index in [1.807, 2.05) is 13.8 Å². The standard InChI is InChI=1S/C16H16F3N/c1-10(2)20-9-12-8-11(6-7-14(12)17)13-4-3-5-15(18)16(13)19/h3-8,10,20H,9H2,1-2H3. The van der Waals surface area contributed by atoms with Gasteiger partial charge in [-0.2, -0.15) is 0 Å². The van der Waals surface area contributed by atoms with Gasteiger partial charge >= 0.3 is 0 Å². The van der Waals surface area contributed by atoms with E-state index in [-0.39, 0.29) is 17.4 Å². The van der Waals surface area contributed by atoms with Crippen molar-refractivity contribution in [1.82, 2.24) is 5.32 Å². The molecule has 1 nitrogen and oxygen atoms in total. The second-order valence-electron chi connectivity index (χ2n) is 4.94. The molecule has 1 N–H and O–H groups in total. The van der Waals surface area contributed by atoms with Gasteiger partial charge in [0.15, 0.2) is 11.6 Å². The summed E-state index contributed by atoms with van der Waals surface area (Å²) in [6, 6.07) is 8.45. The normalized spacial score (nSPS) is 11.1. The van der Waals surface area contributed by atoms with Crippen LogP contribution < -0.4 is 5.32 Å². The van der Waals surface area contributed by atoms with Crippen LogP contribution in [0.15, 0.2) is 36.4 Å². The van der Waals surface area contributed by atoms with Gasteiger partial charge in [0.05, 0.1) is 0 Å². The molecule has 106 valence electrons. The van der Waals surface area contributed by atoms with Gasteiger partial charge in [0.2, 0.25) is 0 Å². The highest BCUT2D eigenvalue weighted by molar-refractivity contribution is 5.65. The van der Waals surface area contributed by atoms with Crippen LogP contribution in [0.3, 0.4) is 0 Å². The Morgan fingerprint density at radius 3 is 2.45 bits per heavy atom. The summed E-state index contributed by atoms with van der Waals surface area (Å²) in [4.78, 5) is 0. The summed E-state index contributed by atoms with van der Waals surface area (Å²) in [6.45, 7) is 4.25. The van der Waals surface area contributed by atoms with Gasteiger partial charge in [-0.1, -0.05) is 32.0 Å². The molecule has 0 heterocycles. The maximum atomic E-state index is 13.7. The van der Waals surface area contributed by atoms with Crippen LogP contribution in [0, 0.1) is 17.5 Å². The molecule has 0 aliphatic heterocycles. The molecule has 4 heteroatoms. The first kappa shape index (κ1) is 14.6. The predicted octanol–water partition coefficient (Wildman–Crippen LogP) is 4.27. The lowest BCUT2D eigenvalue weighted by Gasteiger charge is -2.11. The molecule has 0 aromatic heterocycles. The van der Waals surface area contributed by atoms with E-state index in [9.17, 15) is 13.2 Å². The molecule has 20 heavy (non-hydrogen) atoms. The fourth-order valence-electron chi connectivity index (χ4n) is 1.92. The number of halogens is 3. The quantitative estimate of drug-likeness (QED) is 0.881. The van der Waals surface area contributed by atoms with E-state index in [2.05, 4.69) is 5.32 Å². The van der Waals surface area contributed by atoms with Crippen LogP contribution in [0.1, 0.15) is 19.4 Å². The van der Waals surface area contributed by atoms with E-state index in [0.717, 1.165) is 6.07 Å². The fraction of sp³-hybridized carbons (Fsp3) is 0.250. The van der Waals surface area contributed by atoms with Crippen LogP contribution in [-0.4, -0.2) is 6.04 Å². The average Bonchev–Trinajstić information content (AvgIpc) is 2.41. The van der Waals surface area contributed by atoms with Gasteiger partial charge in [-0.3, -0.25) is 0 Å². The van der Waals surface area contributed by atoms with E-state index < -0.39 is 11.6 Å². The largest absolute Gasteiger partial charge is 0.310 e. The number of benzene rings is 2. The van der Waals surface area contributed by atoms with Crippen LogP contribution in [-0.2, 0) is 6.54 Å². The van der Waals surface area contributed by atoms with Crippen molar-refractivity contribution < 1.29 is 13.2 Å². The third kappa shape index (κ3) is 3.20. The molecule has 0 fully saturated rings. The Labute approximate surface area is 116 Å². The van der Waals surface area contributed by atoms with Crippen molar-refractivity contribution in [1.29, 1.82) is 0 Å². The molecule has 0 amide bonds. The fourth-order valence-corrected chi connectivity index (χ4v) is 1.92. The highest BCUT2D eigenvalue weighted by Crippen LogP contribution is 2.26. The number of rotatable bonds is 4. The van der Waals surface area contributed by atoms with Crippen molar-refractivity contribution in [2.45, 2.75) is 26.4 Å². The zero-order valence-electron chi connectivity index (χ0n) is 11.4. The van der Waals surface area contributed by atoms with Gasteiger partial charge in [-0.05, 0) is 23.8 Å². The lowest BCUT2D eigenvalue weighted by molar-refractivity contribution is 0.511. The van der Waals surface area contributed by atoms with Crippen LogP contribution in [0.5, 0.6) is 0 Å². The Balaban J connectivity index is 2.38. The Hall–Kier alpha value is -1.81. The van der Waals surface area contributed by atoms with E-state index in [1.165, 1.54) is 24.3 Å². The van der Waals surface area contributed by atoms with Crippen molar-refractivity contribution in [2.75, 3.05) is 0 Å². The summed E-state index contributed by atoms with van der Waals surface area (Å²) >= 11 is 0. The Kier molecular flexibility index (Phi) is 4.45. The van der Waals surface area contributed by atoms with Crippen LogP contribution in [0.2, 0.25) is 0 Å². The molecule has 0 spiro atoms. The predicted molar refractivity (Wildman–Crippen MR) is 73.7 cm³/mol. The van der Waals surface area contributed by atoms with Crippen molar-refractivity contribution in [3.63, 3.8) is 0 Å². The van der Waals surface area contributed by atoms with Crippen molar-refractivity contribution in [3.8, 4) is 11.1 Å². The van der Waals surface area contributed by atoms with Crippen LogP contribution in [0.25, 0.3) is 11.1 Å². The van der Waals surface area contributed by atoms with Crippen molar-refractivity contribution in [3.05, 3.63) is 59.4 Å². The molecule has 0 bridgehead atoms. The maximum Gasteiger partial charge on any atom is 0.166 e. The van der Waals surface area contributed by atoms with Crippen molar-refractivity contribution in [2.24, 2.45) is 0 Å². The zero-order valence-corrected chi connectivity index (χ0v) is 11.4. The number of hydrogen-bond acceptors (Lipinski definition) is 1. The summed E-state index contributed by atoms with van der Waals surface area (Å²) in [6.07, 6.45) is 0.